The maximum absolute atomic E-state index is 12.4. The highest BCUT2D eigenvalue weighted by Crippen LogP contribution is 2.12. The Morgan fingerprint density at radius 1 is 1.12 bits per heavy atom. The molecule has 0 unspecified atom stereocenters. The van der Waals surface area contributed by atoms with E-state index in [0.29, 0.717) is 23.9 Å². The van der Waals surface area contributed by atoms with Crippen LogP contribution >= 0.6 is 0 Å². The van der Waals surface area contributed by atoms with Crippen molar-refractivity contribution in [2.75, 3.05) is 13.7 Å². The van der Waals surface area contributed by atoms with E-state index in [0.717, 1.165) is 11.3 Å². The number of nitrogens with zero attached hydrogens (tertiary/aromatic N) is 2. The molecule has 1 heterocycles. The Bertz CT molecular complexity index is 948. The zero-order valence-corrected chi connectivity index (χ0v) is 14.6. The second kappa shape index (κ2) is 8.29. The van der Waals surface area contributed by atoms with Crippen molar-refractivity contribution >= 4 is 16.9 Å². The predicted octanol–water partition coefficient (Wildman–Crippen LogP) is 2.58. The highest BCUT2D eigenvalue weighted by molar-refractivity contribution is 5.76. The molecule has 0 saturated carbocycles. The Kier molecular flexibility index (Phi) is 5.63. The first-order valence-electron chi connectivity index (χ1n) is 8.40. The number of hydrogen-bond donors (Lipinski definition) is 0. The lowest BCUT2D eigenvalue weighted by molar-refractivity contribution is -0.143. The van der Waals surface area contributed by atoms with Crippen LogP contribution in [-0.2, 0) is 22.5 Å². The van der Waals surface area contributed by atoms with Crippen molar-refractivity contribution in [1.29, 1.82) is 0 Å². The molecule has 26 heavy (non-hydrogen) atoms. The molecule has 0 amide bonds. The van der Waals surface area contributed by atoms with Gasteiger partial charge in [0.25, 0.3) is 5.56 Å². The molecular formula is C20H20N2O4. The molecule has 0 spiro atoms. The number of benzene rings is 2. The zero-order chi connectivity index (χ0) is 18.4. The first kappa shape index (κ1) is 17.7. The predicted molar refractivity (Wildman–Crippen MR) is 98.3 cm³/mol. The lowest BCUT2D eigenvalue weighted by Crippen LogP contribution is -2.21. The number of hydrogen-bond acceptors (Lipinski definition) is 5. The summed E-state index contributed by atoms with van der Waals surface area (Å²) in [6.07, 6.45) is 2.29. The Balaban J connectivity index is 1.48. The van der Waals surface area contributed by atoms with Crippen molar-refractivity contribution in [2.24, 2.45) is 0 Å². The average molecular weight is 352 g/mol. The number of ether oxygens (including phenoxy) is 2. The molecule has 0 radical (unpaired) electrons. The second-order valence-corrected chi connectivity index (χ2v) is 5.86. The van der Waals surface area contributed by atoms with Gasteiger partial charge in [-0.3, -0.25) is 14.2 Å². The van der Waals surface area contributed by atoms with E-state index in [1.807, 2.05) is 42.5 Å². The van der Waals surface area contributed by atoms with Gasteiger partial charge in [0.05, 0.1) is 37.4 Å². The molecule has 3 rings (SSSR count). The normalized spacial score (nSPS) is 10.7. The quantitative estimate of drug-likeness (QED) is 0.483. The Morgan fingerprint density at radius 2 is 1.88 bits per heavy atom. The van der Waals surface area contributed by atoms with Crippen LogP contribution < -0.4 is 10.3 Å². The van der Waals surface area contributed by atoms with Crippen LogP contribution in [0.2, 0.25) is 0 Å². The average Bonchev–Trinajstić information content (AvgIpc) is 2.67. The fourth-order valence-corrected chi connectivity index (χ4v) is 2.65. The minimum Gasteiger partial charge on any atom is -0.497 e. The van der Waals surface area contributed by atoms with Gasteiger partial charge in [0.15, 0.2) is 0 Å². The van der Waals surface area contributed by atoms with Crippen molar-refractivity contribution in [1.82, 2.24) is 9.55 Å². The lowest BCUT2D eigenvalue weighted by Gasteiger charge is -2.08. The highest BCUT2D eigenvalue weighted by atomic mass is 16.5. The first-order valence-corrected chi connectivity index (χ1v) is 8.40. The minimum absolute atomic E-state index is 0.0832. The number of carbonyl (C=O) groups is 1. The van der Waals surface area contributed by atoms with Crippen molar-refractivity contribution < 1.29 is 14.3 Å². The number of para-hydroxylation sites is 1. The molecule has 6 nitrogen and oxygen atoms in total. The van der Waals surface area contributed by atoms with Crippen LogP contribution in [0, 0.1) is 0 Å². The van der Waals surface area contributed by atoms with E-state index in [9.17, 15) is 9.59 Å². The number of aromatic nitrogens is 2. The SMILES string of the molecule is COc1ccc(CC(=O)OCCCn2cnc3ccccc3c2=O)cc1. The summed E-state index contributed by atoms with van der Waals surface area (Å²) in [6, 6.07) is 14.5. The third-order valence-corrected chi connectivity index (χ3v) is 4.05. The van der Waals surface area contributed by atoms with E-state index in [1.165, 1.54) is 6.33 Å². The molecule has 0 saturated heterocycles. The summed E-state index contributed by atoms with van der Waals surface area (Å²) in [5.41, 5.74) is 1.46. The molecule has 0 bridgehead atoms. The van der Waals surface area contributed by atoms with Crippen LogP contribution in [0.4, 0.5) is 0 Å². The number of carbonyl (C=O) groups excluding carboxylic acids is 1. The monoisotopic (exact) mass is 352 g/mol. The summed E-state index contributed by atoms with van der Waals surface area (Å²) in [7, 11) is 1.60. The maximum Gasteiger partial charge on any atom is 0.310 e. The molecule has 0 atom stereocenters. The largest absolute Gasteiger partial charge is 0.497 e. The van der Waals surface area contributed by atoms with E-state index in [2.05, 4.69) is 4.98 Å². The Morgan fingerprint density at radius 3 is 2.65 bits per heavy atom. The smallest absolute Gasteiger partial charge is 0.310 e. The molecule has 0 aliphatic heterocycles. The van der Waals surface area contributed by atoms with Crippen LogP contribution in [0.5, 0.6) is 5.75 Å². The number of rotatable bonds is 7. The third kappa shape index (κ3) is 4.27. The Hall–Kier alpha value is -3.15. The van der Waals surface area contributed by atoms with Crippen LogP contribution in [0.1, 0.15) is 12.0 Å². The zero-order valence-electron chi connectivity index (χ0n) is 14.6. The van der Waals surface area contributed by atoms with Gasteiger partial charge >= 0.3 is 5.97 Å². The standard InChI is InChI=1S/C20H20N2O4/c1-25-16-9-7-15(8-10-16)13-19(23)26-12-4-11-22-14-21-18-6-3-2-5-17(18)20(22)24/h2-3,5-10,14H,4,11-13H2,1H3. The minimum atomic E-state index is -0.292. The van der Waals surface area contributed by atoms with Crippen LogP contribution in [0.3, 0.4) is 0 Å². The van der Waals surface area contributed by atoms with Gasteiger partial charge in [0.1, 0.15) is 5.75 Å². The van der Waals surface area contributed by atoms with Gasteiger partial charge in [-0.05, 0) is 36.2 Å². The van der Waals surface area contributed by atoms with E-state index in [1.54, 1.807) is 17.7 Å². The maximum atomic E-state index is 12.4. The molecular weight excluding hydrogens is 332 g/mol. The highest BCUT2D eigenvalue weighted by Gasteiger charge is 2.06. The van der Waals surface area contributed by atoms with Crippen LogP contribution in [-0.4, -0.2) is 29.2 Å². The van der Waals surface area contributed by atoms with Crippen molar-refractivity contribution in [3.63, 3.8) is 0 Å². The molecule has 2 aromatic carbocycles. The molecule has 0 aliphatic rings. The van der Waals surface area contributed by atoms with Crippen molar-refractivity contribution in [3.05, 3.63) is 70.8 Å². The van der Waals surface area contributed by atoms with Crippen LogP contribution in [0.25, 0.3) is 10.9 Å². The number of aryl methyl sites for hydroxylation is 1. The van der Waals surface area contributed by atoms with Gasteiger partial charge in [0, 0.05) is 6.54 Å². The molecule has 134 valence electrons. The van der Waals surface area contributed by atoms with E-state index < -0.39 is 0 Å². The summed E-state index contributed by atoms with van der Waals surface area (Å²) in [6.45, 7) is 0.709. The van der Waals surface area contributed by atoms with Gasteiger partial charge in [-0.15, -0.1) is 0 Å². The first-order chi connectivity index (χ1) is 12.7. The summed E-state index contributed by atoms with van der Waals surface area (Å²) in [5, 5.41) is 0.589. The van der Waals surface area contributed by atoms with Gasteiger partial charge in [-0.25, -0.2) is 4.98 Å². The number of methoxy groups -OCH3 is 1. The molecule has 6 heteroatoms. The molecule has 0 aliphatic carbocycles. The molecule has 3 aromatic rings. The van der Waals surface area contributed by atoms with Crippen molar-refractivity contribution in [3.8, 4) is 5.75 Å². The lowest BCUT2D eigenvalue weighted by atomic mass is 10.1. The number of fused-ring (bicyclic) bond motifs is 1. The van der Waals surface area contributed by atoms with Crippen molar-refractivity contribution in [2.45, 2.75) is 19.4 Å². The van der Waals surface area contributed by atoms with E-state index in [4.69, 9.17) is 9.47 Å². The topological polar surface area (TPSA) is 70.4 Å². The van der Waals surface area contributed by atoms with Gasteiger partial charge in [-0.2, -0.15) is 0 Å². The summed E-state index contributed by atoms with van der Waals surface area (Å²) in [5.74, 6) is 0.454. The second-order valence-electron chi connectivity index (χ2n) is 5.86. The molecule has 1 aromatic heterocycles. The summed E-state index contributed by atoms with van der Waals surface area (Å²) < 4.78 is 11.9. The third-order valence-electron chi connectivity index (χ3n) is 4.05. The molecule has 0 N–H and O–H groups in total. The Labute approximate surface area is 151 Å². The fraction of sp³-hybridized carbons (Fsp3) is 0.250. The summed E-state index contributed by atoms with van der Waals surface area (Å²) in [4.78, 5) is 28.5. The van der Waals surface area contributed by atoms with Crippen LogP contribution in [0.15, 0.2) is 59.7 Å². The summed E-state index contributed by atoms with van der Waals surface area (Å²) >= 11 is 0. The van der Waals surface area contributed by atoms with Gasteiger partial charge < -0.3 is 9.47 Å². The number of esters is 1. The molecule has 0 fully saturated rings. The van der Waals surface area contributed by atoms with E-state index in [-0.39, 0.29) is 24.6 Å². The van der Waals surface area contributed by atoms with Gasteiger partial charge in [-0.1, -0.05) is 24.3 Å². The van der Waals surface area contributed by atoms with Gasteiger partial charge in [0.2, 0.25) is 0 Å². The van der Waals surface area contributed by atoms with E-state index >= 15 is 0 Å². The fourth-order valence-electron chi connectivity index (χ4n) is 2.65.